The van der Waals surface area contributed by atoms with Crippen LogP contribution in [0.5, 0.6) is 5.75 Å². The number of carboxylic acids is 1. The summed E-state index contributed by atoms with van der Waals surface area (Å²) in [5.74, 6) is -0.406. The molecule has 6 rings (SSSR count). The topological polar surface area (TPSA) is 114 Å². The molecule has 1 aliphatic carbocycles. The fourth-order valence-electron chi connectivity index (χ4n) is 7.24. The average Bonchev–Trinajstić information content (AvgIpc) is 3.58. The van der Waals surface area contributed by atoms with Crippen molar-refractivity contribution in [3.63, 3.8) is 0 Å². The largest absolute Gasteiger partial charge is 0.493 e. The number of carboxylic acid groups (broad SMARTS) is 1. The monoisotopic (exact) mass is 662 g/mol. The molecule has 256 valence electrons. The summed E-state index contributed by atoms with van der Waals surface area (Å²) in [5.41, 5.74) is 7.79. The van der Waals surface area contributed by atoms with E-state index in [0.29, 0.717) is 38.1 Å². The lowest BCUT2D eigenvalue weighted by atomic mass is 9.84. The van der Waals surface area contributed by atoms with Crippen molar-refractivity contribution in [1.29, 1.82) is 0 Å². The summed E-state index contributed by atoms with van der Waals surface area (Å²) in [4.78, 5) is 40.4. The number of aromatic nitrogens is 2. The standard InChI is InChI=1S/C40H46N4O5/c1-27-11-6-19-36(28(27)2)49-22-10-20-37(45)44-21-9-17-34-33(16-8-18-35(34)44)32-24-41-43(26-32)25-29-12-7-15-31(23-29)39(46)42-38(40(47)48)30-13-4-3-5-14-30/h6-8,11-12,15-16,18-19,23-24,26,30,38H,3-5,9-10,13-14,17,20-22,25H2,1-2H3,(H,42,46)(H,47,48)/t38-/m0/s1. The number of fused-ring (bicyclic) bond motifs is 1. The molecule has 1 atom stereocenters. The SMILES string of the molecule is Cc1cccc(OCCCC(=O)N2CCCc3c(-c4cnn(Cc5cccc(C(=O)N[C@H](C(=O)O)C6CCCCC6)c5)c4)cccc32)c1C. The van der Waals surface area contributed by atoms with Crippen molar-refractivity contribution < 1.29 is 24.2 Å². The van der Waals surface area contributed by atoms with E-state index < -0.39 is 12.0 Å². The number of nitrogens with zero attached hydrogens (tertiary/aromatic N) is 3. The zero-order valence-corrected chi connectivity index (χ0v) is 28.5. The highest BCUT2D eigenvalue weighted by Gasteiger charge is 2.31. The number of hydrogen-bond donors (Lipinski definition) is 2. The van der Waals surface area contributed by atoms with Gasteiger partial charge in [0.05, 0.1) is 19.3 Å². The summed E-state index contributed by atoms with van der Waals surface area (Å²) in [6, 6.07) is 18.6. The van der Waals surface area contributed by atoms with E-state index in [1.807, 2.05) is 58.4 Å². The Labute approximate surface area is 288 Å². The molecule has 0 unspecified atom stereocenters. The number of ether oxygens (including phenoxy) is 1. The first-order chi connectivity index (χ1) is 23.8. The minimum Gasteiger partial charge on any atom is -0.493 e. The number of nitrogens with one attached hydrogen (secondary N) is 1. The van der Waals surface area contributed by atoms with E-state index in [-0.39, 0.29) is 17.7 Å². The molecule has 0 radical (unpaired) electrons. The van der Waals surface area contributed by atoms with Gasteiger partial charge >= 0.3 is 5.97 Å². The van der Waals surface area contributed by atoms with Crippen LogP contribution in [0.2, 0.25) is 0 Å². The lowest BCUT2D eigenvalue weighted by molar-refractivity contribution is -0.141. The van der Waals surface area contributed by atoms with Gasteiger partial charge in [-0.2, -0.15) is 5.10 Å². The van der Waals surface area contributed by atoms with Crippen molar-refractivity contribution in [1.82, 2.24) is 15.1 Å². The first kappa shape index (κ1) is 34.0. The third-order valence-electron chi connectivity index (χ3n) is 10.1. The van der Waals surface area contributed by atoms with Crippen LogP contribution in [-0.4, -0.2) is 51.9 Å². The fraction of sp³-hybridized carbons (Fsp3) is 0.400. The Morgan fingerprint density at radius 2 is 1.80 bits per heavy atom. The van der Waals surface area contributed by atoms with Gasteiger partial charge in [0.2, 0.25) is 5.91 Å². The van der Waals surface area contributed by atoms with E-state index in [9.17, 15) is 19.5 Å². The molecule has 0 spiro atoms. The molecule has 1 saturated carbocycles. The average molecular weight is 663 g/mol. The molecule has 1 aliphatic heterocycles. The van der Waals surface area contributed by atoms with E-state index in [2.05, 4.69) is 36.4 Å². The van der Waals surface area contributed by atoms with E-state index in [1.165, 1.54) is 5.56 Å². The predicted octanol–water partition coefficient (Wildman–Crippen LogP) is 7.12. The van der Waals surface area contributed by atoms with E-state index in [4.69, 9.17) is 4.74 Å². The van der Waals surface area contributed by atoms with Crippen LogP contribution in [0.1, 0.15) is 84.0 Å². The van der Waals surface area contributed by atoms with Gasteiger partial charge in [0.25, 0.3) is 5.91 Å². The highest BCUT2D eigenvalue weighted by atomic mass is 16.5. The van der Waals surface area contributed by atoms with Crippen LogP contribution in [0.25, 0.3) is 11.1 Å². The van der Waals surface area contributed by atoms with Crippen molar-refractivity contribution in [3.8, 4) is 16.9 Å². The number of aryl methyl sites for hydroxylation is 1. The predicted molar refractivity (Wildman–Crippen MR) is 190 cm³/mol. The maximum Gasteiger partial charge on any atom is 0.326 e. The molecule has 2 N–H and O–H groups in total. The van der Waals surface area contributed by atoms with Crippen LogP contribution >= 0.6 is 0 Å². The molecule has 49 heavy (non-hydrogen) atoms. The number of carbonyl (C=O) groups excluding carboxylic acids is 2. The van der Waals surface area contributed by atoms with E-state index in [1.54, 1.807) is 12.1 Å². The maximum atomic E-state index is 13.4. The Morgan fingerprint density at radius 1 is 1.00 bits per heavy atom. The van der Waals surface area contributed by atoms with Crippen LogP contribution in [-0.2, 0) is 22.6 Å². The highest BCUT2D eigenvalue weighted by Crippen LogP contribution is 2.36. The van der Waals surface area contributed by atoms with Gasteiger partial charge in [-0.15, -0.1) is 0 Å². The number of aliphatic carboxylic acids is 1. The number of rotatable bonds is 12. The van der Waals surface area contributed by atoms with Gasteiger partial charge in [-0.1, -0.05) is 55.7 Å². The van der Waals surface area contributed by atoms with Crippen LogP contribution in [0.4, 0.5) is 5.69 Å². The van der Waals surface area contributed by atoms with Crippen molar-refractivity contribution >= 4 is 23.5 Å². The van der Waals surface area contributed by atoms with Crippen LogP contribution < -0.4 is 15.0 Å². The molecule has 1 fully saturated rings. The molecule has 4 aromatic rings. The van der Waals surface area contributed by atoms with Crippen LogP contribution in [0.15, 0.2) is 73.1 Å². The van der Waals surface area contributed by atoms with Gasteiger partial charge in [-0.05, 0) is 104 Å². The summed E-state index contributed by atoms with van der Waals surface area (Å²) in [6.07, 6.45) is 11.4. The molecule has 1 aromatic heterocycles. The lowest BCUT2D eigenvalue weighted by Gasteiger charge is -2.31. The minimum absolute atomic E-state index is 0.0388. The Kier molecular flexibility index (Phi) is 10.8. The molecule has 3 aromatic carbocycles. The van der Waals surface area contributed by atoms with Gasteiger partial charge in [0, 0.05) is 36.0 Å². The van der Waals surface area contributed by atoms with Gasteiger partial charge in [0.15, 0.2) is 0 Å². The van der Waals surface area contributed by atoms with Gasteiger partial charge in [-0.3, -0.25) is 14.3 Å². The summed E-state index contributed by atoms with van der Waals surface area (Å²) in [6.45, 7) is 5.77. The quantitative estimate of drug-likeness (QED) is 0.156. The summed E-state index contributed by atoms with van der Waals surface area (Å²) in [5, 5.41) is 17.2. The first-order valence-electron chi connectivity index (χ1n) is 17.5. The second-order valence-corrected chi connectivity index (χ2v) is 13.4. The molecular formula is C40H46N4O5. The molecule has 0 saturated heterocycles. The second kappa shape index (κ2) is 15.5. The van der Waals surface area contributed by atoms with E-state index in [0.717, 1.165) is 84.2 Å². The van der Waals surface area contributed by atoms with Crippen LogP contribution in [0.3, 0.4) is 0 Å². The third-order valence-corrected chi connectivity index (χ3v) is 10.1. The molecule has 9 heteroatoms. The Hall–Kier alpha value is -4.92. The zero-order chi connectivity index (χ0) is 34.3. The fourth-order valence-corrected chi connectivity index (χ4v) is 7.24. The van der Waals surface area contributed by atoms with Crippen LogP contribution in [0, 0.1) is 19.8 Å². The summed E-state index contributed by atoms with van der Waals surface area (Å²) < 4.78 is 7.83. The summed E-state index contributed by atoms with van der Waals surface area (Å²) in [7, 11) is 0. The van der Waals surface area contributed by atoms with Crippen molar-refractivity contribution in [3.05, 3.63) is 101 Å². The van der Waals surface area contributed by atoms with Gasteiger partial charge in [0.1, 0.15) is 11.8 Å². The highest BCUT2D eigenvalue weighted by molar-refractivity contribution is 5.97. The lowest BCUT2D eigenvalue weighted by Crippen LogP contribution is -2.46. The minimum atomic E-state index is -0.977. The molecule has 9 nitrogen and oxygen atoms in total. The normalized spacial score (nSPS) is 15.3. The van der Waals surface area contributed by atoms with Crippen molar-refractivity contribution in [2.75, 3.05) is 18.1 Å². The number of carbonyl (C=O) groups is 3. The second-order valence-electron chi connectivity index (χ2n) is 13.4. The third kappa shape index (κ3) is 8.04. The number of benzene rings is 3. The maximum absolute atomic E-state index is 13.4. The first-order valence-corrected chi connectivity index (χ1v) is 17.5. The van der Waals surface area contributed by atoms with Crippen molar-refractivity contribution in [2.45, 2.75) is 84.2 Å². The smallest absolute Gasteiger partial charge is 0.326 e. The molecule has 2 aliphatic rings. The van der Waals surface area contributed by atoms with E-state index >= 15 is 0 Å². The molecule has 2 amide bonds. The van der Waals surface area contributed by atoms with Crippen molar-refractivity contribution in [2.24, 2.45) is 5.92 Å². The Morgan fingerprint density at radius 3 is 2.61 bits per heavy atom. The van der Waals surface area contributed by atoms with Gasteiger partial charge in [-0.25, -0.2) is 4.79 Å². The Balaban J connectivity index is 1.09. The number of amides is 2. The zero-order valence-electron chi connectivity index (χ0n) is 28.5. The van der Waals surface area contributed by atoms with Gasteiger partial charge < -0.3 is 20.1 Å². The summed E-state index contributed by atoms with van der Waals surface area (Å²) >= 11 is 0. The number of hydrogen-bond acceptors (Lipinski definition) is 5. The Bertz CT molecular complexity index is 1810. The molecule has 2 heterocycles. The molecular weight excluding hydrogens is 616 g/mol. The molecule has 0 bridgehead atoms. The number of anilines is 1.